The van der Waals surface area contributed by atoms with Gasteiger partial charge in [-0.2, -0.15) is 5.10 Å². The van der Waals surface area contributed by atoms with Crippen molar-refractivity contribution in [1.29, 1.82) is 0 Å². The van der Waals surface area contributed by atoms with E-state index in [4.69, 9.17) is 0 Å². The first-order valence-electron chi connectivity index (χ1n) is 3.31. The molecule has 10 heavy (non-hydrogen) atoms. The van der Waals surface area contributed by atoms with Crippen LogP contribution in [0, 0.1) is 11.8 Å². The molecule has 0 N–H and O–H groups in total. The molecule has 2 nitrogen and oxygen atoms in total. The van der Waals surface area contributed by atoms with Gasteiger partial charge in [-0.05, 0) is 12.0 Å². The van der Waals surface area contributed by atoms with Crippen molar-refractivity contribution in [2.24, 2.45) is 7.05 Å². The summed E-state index contributed by atoms with van der Waals surface area (Å²) < 4.78 is 1.75. The Morgan fingerprint density at radius 1 is 1.70 bits per heavy atom. The molecule has 0 aliphatic rings. The highest BCUT2D eigenvalue weighted by molar-refractivity contribution is 5.25. The molecule has 0 aliphatic heterocycles. The molecule has 0 unspecified atom stereocenters. The summed E-state index contributed by atoms with van der Waals surface area (Å²) >= 11 is 0. The first-order chi connectivity index (χ1) is 4.83. The Labute approximate surface area is 60.9 Å². The third kappa shape index (κ3) is 1.63. The molecule has 1 heterocycles. The minimum absolute atomic E-state index is 0.851. The van der Waals surface area contributed by atoms with Crippen LogP contribution in [-0.4, -0.2) is 9.78 Å². The molecule has 0 aliphatic carbocycles. The summed E-state index contributed by atoms with van der Waals surface area (Å²) in [5.74, 6) is 5.89. The maximum atomic E-state index is 4.09. The molecule has 0 radical (unpaired) electrons. The summed E-state index contributed by atoms with van der Waals surface area (Å²) in [6.07, 6.45) is 2.77. The molecular weight excluding hydrogens is 124 g/mol. The summed E-state index contributed by atoms with van der Waals surface area (Å²) in [6, 6.07) is 1.91. The first-order valence-corrected chi connectivity index (χ1v) is 3.31. The lowest BCUT2D eigenvalue weighted by atomic mass is 10.4. The van der Waals surface area contributed by atoms with Crippen LogP contribution >= 0.6 is 0 Å². The molecule has 0 bridgehead atoms. The first kappa shape index (κ1) is 6.88. The standard InChI is InChI=1S/C8H10N2/c1-3-4-5-8-6-7-10(2)9-8/h6-7H,3H2,1-2H3. The zero-order valence-electron chi connectivity index (χ0n) is 6.26. The number of aromatic nitrogens is 2. The number of rotatable bonds is 0. The highest BCUT2D eigenvalue weighted by atomic mass is 15.2. The van der Waals surface area contributed by atoms with Gasteiger partial charge in [0.1, 0.15) is 5.69 Å². The van der Waals surface area contributed by atoms with Crippen molar-refractivity contribution in [3.8, 4) is 11.8 Å². The van der Waals surface area contributed by atoms with Crippen LogP contribution in [0.3, 0.4) is 0 Å². The van der Waals surface area contributed by atoms with Gasteiger partial charge in [-0.1, -0.05) is 12.8 Å². The normalized spacial score (nSPS) is 8.60. The van der Waals surface area contributed by atoms with Gasteiger partial charge in [0.05, 0.1) is 0 Å². The summed E-state index contributed by atoms with van der Waals surface area (Å²) in [4.78, 5) is 0. The second kappa shape index (κ2) is 3.07. The Bertz CT molecular complexity index is 262. The summed E-state index contributed by atoms with van der Waals surface area (Å²) in [7, 11) is 1.89. The van der Waals surface area contributed by atoms with Crippen LogP contribution in [0.2, 0.25) is 0 Å². The van der Waals surface area contributed by atoms with Crippen LogP contribution in [0.4, 0.5) is 0 Å². The molecule has 2 heteroatoms. The molecular formula is C8H10N2. The van der Waals surface area contributed by atoms with Crippen LogP contribution < -0.4 is 0 Å². The van der Waals surface area contributed by atoms with E-state index in [1.807, 2.05) is 26.2 Å². The number of hydrogen-bond acceptors (Lipinski definition) is 1. The van der Waals surface area contributed by atoms with Gasteiger partial charge in [-0.3, -0.25) is 4.68 Å². The van der Waals surface area contributed by atoms with Crippen LogP contribution in [-0.2, 0) is 7.05 Å². The molecule has 0 aromatic carbocycles. The fraction of sp³-hybridized carbons (Fsp3) is 0.375. The monoisotopic (exact) mass is 134 g/mol. The van der Waals surface area contributed by atoms with E-state index < -0.39 is 0 Å². The predicted octanol–water partition coefficient (Wildman–Crippen LogP) is 1.18. The quantitative estimate of drug-likeness (QED) is 0.487. The van der Waals surface area contributed by atoms with Gasteiger partial charge in [0.2, 0.25) is 0 Å². The van der Waals surface area contributed by atoms with Crippen LogP contribution in [0.25, 0.3) is 0 Å². The number of hydrogen-bond donors (Lipinski definition) is 0. The molecule has 0 fully saturated rings. The van der Waals surface area contributed by atoms with Crippen molar-refractivity contribution in [1.82, 2.24) is 9.78 Å². The van der Waals surface area contributed by atoms with E-state index >= 15 is 0 Å². The third-order valence-electron chi connectivity index (χ3n) is 1.11. The van der Waals surface area contributed by atoms with Gasteiger partial charge in [-0.25, -0.2) is 0 Å². The summed E-state index contributed by atoms with van der Waals surface area (Å²) in [5.41, 5.74) is 0.851. The van der Waals surface area contributed by atoms with Gasteiger partial charge in [0.25, 0.3) is 0 Å². The van der Waals surface area contributed by atoms with Crippen LogP contribution in [0.15, 0.2) is 12.3 Å². The average Bonchev–Trinajstić information content (AvgIpc) is 2.31. The molecule has 1 rings (SSSR count). The van der Waals surface area contributed by atoms with Crippen molar-refractivity contribution in [2.45, 2.75) is 13.3 Å². The topological polar surface area (TPSA) is 17.8 Å². The van der Waals surface area contributed by atoms with Crippen molar-refractivity contribution < 1.29 is 0 Å². The van der Waals surface area contributed by atoms with E-state index in [-0.39, 0.29) is 0 Å². The molecule has 0 saturated heterocycles. The van der Waals surface area contributed by atoms with Crippen molar-refractivity contribution >= 4 is 0 Å². The number of nitrogens with zero attached hydrogens (tertiary/aromatic N) is 2. The number of aryl methyl sites for hydroxylation is 1. The van der Waals surface area contributed by atoms with Crippen LogP contribution in [0.1, 0.15) is 19.0 Å². The van der Waals surface area contributed by atoms with Crippen molar-refractivity contribution in [3.05, 3.63) is 18.0 Å². The predicted molar refractivity (Wildman–Crippen MR) is 40.4 cm³/mol. The van der Waals surface area contributed by atoms with Crippen molar-refractivity contribution in [2.75, 3.05) is 0 Å². The smallest absolute Gasteiger partial charge is 0.135 e. The van der Waals surface area contributed by atoms with Crippen molar-refractivity contribution in [3.63, 3.8) is 0 Å². The highest BCUT2D eigenvalue weighted by Crippen LogP contribution is 1.89. The highest BCUT2D eigenvalue weighted by Gasteiger charge is 1.87. The van der Waals surface area contributed by atoms with Gasteiger partial charge in [0.15, 0.2) is 0 Å². The Balaban J connectivity index is 2.76. The second-order valence-electron chi connectivity index (χ2n) is 2.03. The maximum absolute atomic E-state index is 4.09. The fourth-order valence-corrected chi connectivity index (χ4v) is 0.661. The van der Waals surface area contributed by atoms with Gasteiger partial charge >= 0.3 is 0 Å². The summed E-state index contributed by atoms with van der Waals surface area (Å²) in [5, 5.41) is 4.09. The molecule has 0 spiro atoms. The molecule has 0 amide bonds. The lowest BCUT2D eigenvalue weighted by Gasteiger charge is -1.80. The summed E-state index contributed by atoms with van der Waals surface area (Å²) in [6.45, 7) is 2.02. The second-order valence-corrected chi connectivity index (χ2v) is 2.03. The minimum Gasteiger partial charge on any atom is -0.275 e. The lowest BCUT2D eigenvalue weighted by Crippen LogP contribution is -1.87. The van der Waals surface area contributed by atoms with Gasteiger partial charge in [-0.15, -0.1) is 0 Å². The van der Waals surface area contributed by atoms with E-state index in [1.54, 1.807) is 4.68 Å². The molecule has 0 atom stereocenters. The Hall–Kier alpha value is -1.23. The SMILES string of the molecule is CCC#Cc1ccn(C)n1. The Morgan fingerprint density at radius 2 is 2.50 bits per heavy atom. The van der Waals surface area contributed by atoms with E-state index in [0.717, 1.165) is 12.1 Å². The maximum Gasteiger partial charge on any atom is 0.135 e. The largest absolute Gasteiger partial charge is 0.275 e. The Kier molecular flexibility index (Phi) is 2.11. The fourth-order valence-electron chi connectivity index (χ4n) is 0.661. The molecule has 52 valence electrons. The van der Waals surface area contributed by atoms with E-state index in [9.17, 15) is 0 Å². The molecule has 1 aromatic rings. The third-order valence-corrected chi connectivity index (χ3v) is 1.11. The zero-order valence-corrected chi connectivity index (χ0v) is 6.26. The van der Waals surface area contributed by atoms with Crippen LogP contribution in [0.5, 0.6) is 0 Å². The van der Waals surface area contributed by atoms with E-state index in [2.05, 4.69) is 16.9 Å². The lowest BCUT2D eigenvalue weighted by molar-refractivity contribution is 0.764. The van der Waals surface area contributed by atoms with Gasteiger partial charge < -0.3 is 0 Å². The molecule has 0 saturated carbocycles. The van der Waals surface area contributed by atoms with E-state index in [1.165, 1.54) is 0 Å². The Morgan fingerprint density at radius 3 is 3.00 bits per heavy atom. The van der Waals surface area contributed by atoms with E-state index in [0.29, 0.717) is 0 Å². The van der Waals surface area contributed by atoms with Gasteiger partial charge in [0, 0.05) is 19.7 Å². The zero-order chi connectivity index (χ0) is 7.40. The average molecular weight is 134 g/mol. The minimum atomic E-state index is 0.851. The molecule has 1 aromatic heterocycles.